The zero-order valence-corrected chi connectivity index (χ0v) is 16.6. The highest BCUT2D eigenvalue weighted by atomic mass is 79.9. The van der Waals surface area contributed by atoms with Gasteiger partial charge in [0.05, 0.1) is 0 Å². The summed E-state index contributed by atoms with van der Waals surface area (Å²) in [5, 5.41) is 1.07. The van der Waals surface area contributed by atoms with Crippen molar-refractivity contribution in [2.45, 2.75) is 6.92 Å². The maximum atomic E-state index is 13.0. The number of nitrogens with one attached hydrogen (secondary N) is 1. The van der Waals surface area contributed by atoms with Crippen molar-refractivity contribution >= 4 is 38.6 Å². The number of benzene rings is 2. The number of carbonyl (C=O) groups is 2. The molecule has 4 rings (SSSR count). The Bertz CT molecular complexity index is 1020. The molecule has 1 saturated heterocycles. The van der Waals surface area contributed by atoms with Gasteiger partial charge in [0.2, 0.25) is 0 Å². The van der Waals surface area contributed by atoms with Gasteiger partial charge in [-0.05, 0) is 36.8 Å². The van der Waals surface area contributed by atoms with E-state index >= 15 is 0 Å². The van der Waals surface area contributed by atoms with E-state index < -0.39 is 0 Å². The normalized spacial score (nSPS) is 14.6. The smallest absolute Gasteiger partial charge is 0.270 e. The first-order valence-corrected chi connectivity index (χ1v) is 9.75. The second-order valence-electron chi connectivity index (χ2n) is 6.77. The molecule has 0 spiro atoms. The molecular formula is C21H20BrN3O2. The number of halogens is 1. The van der Waals surface area contributed by atoms with E-state index in [4.69, 9.17) is 0 Å². The van der Waals surface area contributed by atoms with Gasteiger partial charge >= 0.3 is 0 Å². The molecule has 5 nitrogen and oxygen atoms in total. The van der Waals surface area contributed by atoms with Crippen LogP contribution in [0.25, 0.3) is 10.9 Å². The van der Waals surface area contributed by atoms with Crippen LogP contribution in [-0.4, -0.2) is 52.8 Å². The van der Waals surface area contributed by atoms with Crippen molar-refractivity contribution < 1.29 is 9.59 Å². The lowest BCUT2D eigenvalue weighted by atomic mass is 10.1. The first-order chi connectivity index (χ1) is 13.0. The van der Waals surface area contributed by atoms with Crippen molar-refractivity contribution in [1.82, 2.24) is 14.8 Å². The number of carbonyl (C=O) groups excluding carboxylic acids is 2. The summed E-state index contributed by atoms with van der Waals surface area (Å²) in [4.78, 5) is 32.5. The Balaban J connectivity index is 1.46. The van der Waals surface area contributed by atoms with Crippen molar-refractivity contribution in [3.63, 3.8) is 0 Å². The number of rotatable bonds is 2. The zero-order valence-electron chi connectivity index (χ0n) is 15.0. The number of amides is 2. The van der Waals surface area contributed by atoms with Crippen LogP contribution in [0.1, 0.15) is 26.4 Å². The summed E-state index contributed by atoms with van der Waals surface area (Å²) in [6.45, 7) is 4.12. The highest BCUT2D eigenvalue weighted by Crippen LogP contribution is 2.23. The lowest BCUT2D eigenvalue weighted by molar-refractivity contribution is 0.0532. The van der Waals surface area contributed by atoms with Gasteiger partial charge in [-0.3, -0.25) is 9.59 Å². The Morgan fingerprint density at radius 1 is 0.926 bits per heavy atom. The molecule has 27 heavy (non-hydrogen) atoms. The number of hydrogen-bond donors (Lipinski definition) is 1. The van der Waals surface area contributed by atoms with Gasteiger partial charge in [-0.1, -0.05) is 40.2 Å². The molecule has 1 aromatic heterocycles. The number of aromatic amines is 1. The molecule has 1 N–H and O–H groups in total. The zero-order chi connectivity index (χ0) is 19.0. The molecule has 0 unspecified atom stereocenters. The van der Waals surface area contributed by atoms with Crippen LogP contribution in [0.4, 0.5) is 0 Å². The van der Waals surface area contributed by atoms with Gasteiger partial charge in [0.25, 0.3) is 11.8 Å². The highest BCUT2D eigenvalue weighted by molar-refractivity contribution is 9.10. The number of piperazine rings is 1. The first-order valence-electron chi connectivity index (χ1n) is 8.96. The third-order valence-electron chi connectivity index (χ3n) is 5.11. The fourth-order valence-corrected chi connectivity index (χ4v) is 3.97. The predicted molar refractivity (Wildman–Crippen MR) is 109 cm³/mol. The van der Waals surface area contributed by atoms with E-state index in [-0.39, 0.29) is 11.8 Å². The molecule has 0 bridgehead atoms. The molecule has 138 valence electrons. The monoisotopic (exact) mass is 425 g/mol. The molecule has 0 saturated carbocycles. The summed E-state index contributed by atoms with van der Waals surface area (Å²) in [5.74, 6) is 0.00319. The SMILES string of the molecule is Cc1c(C(=O)N2CCN(C(=O)c3cccc(Br)c3)CC2)[nH]c2ccccc12. The molecule has 1 fully saturated rings. The molecule has 1 aliphatic heterocycles. The molecule has 2 heterocycles. The molecule has 0 atom stereocenters. The van der Waals surface area contributed by atoms with Gasteiger partial charge in [-0.15, -0.1) is 0 Å². The Labute approximate surface area is 166 Å². The third-order valence-corrected chi connectivity index (χ3v) is 5.60. The average Bonchev–Trinajstić information content (AvgIpc) is 3.04. The number of H-pyrrole nitrogens is 1. The molecule has 2 amide bonds. The van der Waals surface area contributed by atoms with E-state index in [9.17, 15) is 9.59 Å². The molecule has 0 aliphatic carbocycles. The maximum absolute atomic E-state index is 13.0. The largest absolute Gasteiger partial charge is 0.350 e. The number of fused-ring (bicyclic) bond motifs is 1. The Kier molecular flexibility index (Phi) is 4.74. The summed E-state index contributed by atoms with van der Waals surface area (Å²) < 4.78 is 0.886. The minimum absolute atomic E-state index is 0.00162. The van der Waals surface area contributed by atoms with Crippen LogP contribution in [0.5, 0.6) is 0 Å². The highest BCUT2D eigenvalue weighted by Gasteiger charge is 2.27. The van der Waals surface area contributed by atoms with Gasteiger partial charge in [0, 0.05) is 47.1 Å². The maximum Gasteiger partial charge on any atom is 0.270 e. The number of para-hydroxylation sites is 1. The van der Waals surface area contributed by atoms with Crippen LogP contribution in [0.2, 0.25) is 0 Å². The average molecular weight is 426 g/mol. The second-order valence-corrected chi connectivity index (χ2v) is 7.68. The van der Waals surface area contributed by atoms with E-state index in [1.54, 1.807) is 0 Å². The van der Waals surface area contributed by atoms with E-state index in [0.717, 1.165) is 20.9 Å². The molecule has 3 aromatic rings. The third kappa shape index (κ3) is 3.37. The minimum Gasteiger partial charge on any atom is -0.350 e. The summed E-state index contributed by atoms with van der Waals surface area (Å²) in [6, 6.07) is 15.3. The van der Waals surface area contributed by atoms with Gasteiger partial charge in [0.1, 0.15) is 5.69 Å². The van der Waals surface area contributed by atoms with Crippen LogP contribution in [0, 0.1) is 6.92 Å². The molecule has 0 radical (unpaired) electrons. The van der Waals surface area contributed by atoms with Gasteiger partial charge in [-0.2, -0.15) is 0 Å². The standard InChI is InChI=1S/C21H20BrN3O2/c1-14-17-7-2-3-8-18(17)23-19(14)21(27)25-11-9-24(10-12-25)20(26)15-5-4-6-16(22)13-15/h2-8,13,23H,9-12H2,1H3. The summed E-state index contributed by atoms with van der Waals surface area (Å²) in [6.07, 6.45) is 0. The van der Waals surface area contributed by atoms with Crippen molar-refractivity contribution in [1.29, 1.82) is 0 Å². The van der Waals surface area contributed by atoms with Crippen molar-refractivity contribution in [2.24, 2.45) is 0 Å². The summed E-state index contributed by atoms with van der Waals surface area (Å²) >= 11 is 3.40. The second kappa shape index (κ2) is 7.19. The number of aromatic nitrogens is 1. The predicted octanol–water partition coefficient (Wildman–Crippen LogP) is 3.84. The van der Waals surface area contributed by atoms with Crippen LogP contribution in [0.3, 0.4) is 0 Å². The van der Waals surface area contributed by atoms with Crippen molar-refractivity contribution in [3.8, 4) is 0 Å². The Morgan fingerprint density at radius 2 is 1.59 bits per heavy atom. The summed E-state index contributed by atoms with van der Waals surface area (Å²) in [5.41, 5.74) is 3.25. The minimum atomic E-state index is -0.00162. The fourth-order valence-electron chi connectivity index (χ4n) is 3.57. The number of nitrogens with zero attached hydrogens (tertiary/aromatic N) is 2. The van der Waals surface area contributed by atoms with E-state index in [2.05, 4.69) is 20.9 Å². The van der Waals surface area contributed by atoms with E-state index in [0.29, 0.717) is 37.4 Å². The lowest BCUT2D eigenvalue weighted by Gasteiger charge is -2.34. The van der Waals surface area contributed by atoms with E-state index in [1.807, 2.05) is 65.3 Å². The topological polar surface area (TPSA) is 56.4 Å². The van der Waals surface area contributed by atoms with Gasteiger partial charge < -0.3 is 14.8 Å². The molecule has 1 aliphatic rings. The fraction of sp³-hybridized carbons (Fsp3) is 0.238. The van der Waals surface area contributed by atoms with Crippen LogP contribution < -0.4 is 0 Å². The van der Waals surface area contributed by atoms with Crippen molar-refractivity contribution in [3.05, 3.63) is 69.8 Å². The van der Waals surface area contributed by atoms with Crippen LogP contribution in [0.15, 0.2) is 53.0 Å². The lowest BCUT2D eigenvalue weighted by Crippen LogP contribution is -2.50. The van der Waals surface area contributed by atoms with E-state index in [1.165, 1.54) is 0 Å². The van der Waals surface area contributed by atoms with Crippen LogP contribution in [-0.2, 0) is 0 Å². The molecule has 2 aromatic carbocycles. The number of aryl methyl sites for hydroxylation is 1. The summed E-state index contributed by atoms with van der Waals surface area (Å²) in [7, 11) is 0. The Hall–Kier alpha value is -2.60. The Morgan fingerprint density at radius 3 is 2.26 bits per heavy atom. The quantitative estimate of drug-likeness (QED) is 0.677. The first kappa shape index (κ1) is 17.8. The van der Waals surface area contributed by atoms with Crippen LogP contribution >= 0.6 is 15.9 Å². The van der Waals surface area contributed by atoms with Gasteiger partial charge in [0.15, 0.2) is 0 Å². The van der Waals surface area contributed by atoms with Crippen molar-refractivity contribution in [2.75, 3.05) is 26.2 Å². The molecule has 6 heteroatoms. The molecular weight excluding hydrogens is 406 g/mol. The number of hydrogen-bond acceptors (Lipinski definition) is 2. The van der Waals surface area contributed by atoms with Gasteiger partial charge in [-0.25, -0.2) is 0 Å².